The van der Waals surface area contributed by atoms with Gasteiger partial charge in [-0.25, -0.2) is 0 Å². The predicted octanol–water partition coefficient (Wildman–Crippen LogP) is 2.67. The molecule has 2 aromatic rings. The number of rotatable bonds is 10. The van der Waals surface area contributed by atoms with Crippen LogP contribution in [0.4, 0.5) is 0 Å². The Kier molecular flexibility index (Phi) is 8.36. The average molecular weight is 355 g/mol. The van der Waals surface area contributed by atoms with Crippen molar-refractivity contribution in [2.24, 2.45) is 5.73 Å². The van der Waals surface area contributed by atoms with E-state index in [1.54, 1.807) is 0 Å². The van der Waals surface area contributed by atoms with Crippen molar-refractivity contribution in [1.82, 2.24) is 0 Å². The Balaban J connectivity index is 1.57. The monoisotopic (exact) mass is 355 g/mol. The summed E-state index contributed by atoms with van der Waals surface area (Å²) < 4.78 is 10.3. The van der Waals surface area contributed by atoms with Gasteiger partial charge in [-0.3, -0.25) is 9.59 Å². The van der Waals surface area contributed by atoms with Crippen LogP contribution in [0.3, 0.4) is 0 Å². The van der Waals surface area contributed by atoms with E-state index in [0.29, 0.717) is 19.4 Å². The molecule has 5 heteroatoms. The van der Waals surface area contributed by atoms with Gasteiger partial charge in [0.1, 0.15) is 6.04 Å². The lowest BCUT2D eigenvalue weighted by molar-refractivity contribution is -0.146. The first-order valence-corrected chi connectivity index (χ1v) is 8.81. The number of carbonyl (C=O) groups excluding carboxylic acids is 2. The summed E-state index contributed by atoms with van der Waals surface area (Å²) in [5.41, 5.74) is 7.99. The Morgan fingerprint density at radius 3 is 1.85 bits per heavy atom. The molecule has 0 heterocycles. The second-order valence-electron chi connectivity index (χ2n) is 6.00. The fraction of sp³-hybridized carbons (Fsp3) is 0.333. The SMILES string of the molecule is NC(CCC(=O)OCCc1ccccc1)C(=O)OCCc1ccccc1. The molecule has 1 atom stereocenters. The maximum atomic E-state index is 11.8. The van der Waals surface area contributed by atoms with E-state index in [9.17, 15) is 9.59 Å². The average Bonchev–Trinajstić information content (AvgIpc) is 2.67. The molecule has 2 aromatic carbocycles. The number of nitrogens with two attached hydrogens (primary N) is 1. The van der Waals surface area contributed by atoms with Gasteiger partial charge in [0, 0.05) is 19.3 Å². The number of carbonyl (C=O) groups is 2. The summed E-state index contributed by atoms with van der Waals surface area (Å²) in [6.45, 7) is 0.595. The Bertz CT molecular complexity index is 673. The van der Waals surface area contributed by atoms with Gasteiger partial charge in [-0.15, -0.1) is 0 Å². The maximum absolute atomic E-state index is 11.8. The van der Waals surface area contributed by atoms with Crippen LogP contribution in [-0.2, 0) is 31.9 Å². The standard InChI is InChI=1S/C21H25NO4/c22-19(21(24)26-16-14-18-9-5-2-6-10-18)11-12-20(23)25-15-13-17-7-3-1-4-8-17/h1-10,19H,11-16,22H2. The number of ether oxygens (including phenoxy) is 2. The molecular weight excluding hydrogens is 330 g/mol. The van der Waals surface area contributed by atoms with Crippen LogP contribution < -0.4 is 5.73 Å². The summed E-state index contributed by atoms with van der Waals surface area (Å²) in [7, 11) is 0. The Morgan fingerprint density at radius 2 is 1.31 bits per heavy atom. The quantitative estimate of drug-likeness (QED) is 0.663. The summed E-state index contributed by atoms with van der Waals surface area (Å²) in [6, 6.07) is 18.7. The third-order valence-electron chi connectivity index (χ3n) is 3.94. The molecule has 0 aromatic heterocycles. The van der Waals surface area contributed by atoms with Gasteiger partial charge < -0.3 is 15.2 Å². The highest BCUT2D eigenvalue weighted by Gasteiger charge is 2.17. The highest BCUT2D eigenvalue weighted by atomic mass is 16.5. The van der Waals surface area contributed by atoms with Crippen LogP contribution in [0.2, 0.25) is 0 Å². The predicted molar refractivity (Wildman–Crippen MR) is 99.4 cm³/mol. The van der Waals surface area contributed by atoms with Crippen molar-refractivity contribution in [3.8, 4) is 0 Å². The van der Waals surface area contributed by atoms with E-state index >= 15 is 0 Å². The summed E-state index contributed by atoms with van der Waals surface area (Å²) in [4.78, 5) is 23.6. The van der Waals surface area contributed by atoms with Crippen LogP contribution in [-0.4, -0.2) is 31.2 Å². The minimum atomic E-state index is -0.813. The third-order valence-corrected chi connectivity index (χ3v) is 3.94. The second-order valence-corrected chi connectivity index (χ2v) is 6.00. The zero-order valence-electron chi connectivity index (χ0n) is 14.8. The highest BCUT2D eigenvalue weighted by Crippen LogP contribution is 2.04. The summed E-state index contributed by atoms with van der Waals surface area (Å²) in [5, 5.41) is 0. The van der Waals surface area contributed by atoms with Gasteiger partial charge in [-0.2, -0.15) is 0 Å². The molecule has 0 aliphatic heterocycles. The molecule has 1 unspecified atom stereocenters. The van der Waals surface area contributed by atoms with Gasteiger partial charge in [-0.1, -0.05) is 60.7 Å². The molecule has 5 nitrogen and oxygen atoms in total. The Hall–Kier alpha value is -2.66. The molecule has 2 N–H and O–H groups in total. The van der Waals surface area contributed by atoms with Gasteiger partial charge in [0.2, 0.25) is 0 Å². The van der Waals surface area contributed by atoms with Crippen molar-refractivity contribution in [2.75, 3.05) is 13.2 Å². The summed E-state index contributed by atoms with van der Waals surface area (Å²) in [6.07, 6.45) is 1.62. The first-order chi connectivity index (χ1) is 12.6. The number of hydrogen-bond donors (Lipinski definition) is 1. The molecule has 0 amide bonds. The van der Waals surface area contributed by atoms with E-state index in [1.807, 2.05) is 60.7 Å². The van der Waals surface area contributed by atoms with Gasteiger partial charge >= 0.3 is 11.9 Å². The molecule has 2 rings (SSSR count). The minimum Gasteiger partial charge on any atom is -0.465 e. The van der Waals surface area contributed by atoms with Crippen molar-refractivity contribution in [2.45, 2.75) is 31.7 Å². The van der Waals surface area contributed by atoms with E-state index in [-0.39, 0.29) is 25.4 Å². The van der Waals surface area contributed by atoms with Gasteiger partial charge in [-0.05, 0) is 17.5 Å². The van der Waals surface area contributed by atoms with Crippen LogP contribution in [0.15, 0.2) is 60.7 Å². The van der Waals surface area contributed by atoms with Crippen LogP contribution >= 0.6 is 0 Å². The molecule has 0 saturated carbocycles. The lowest BCUT2D eigenvalue weighted by Crippen LogP contribution is -2.33. The Morgan fingerprint density at radius 1 is 0.808 bits per heavy atom. The fourth-order valence-corrected chi connectivity index (χ4v) is 2.41. The number of hydrogen-bond acceptors (Lipinski definition) is 5. The van der Waals surface area contributed by atoms with E-state index < -0.39 is 12.0 Å². The number of benzene rings is 2. The van der Waals surface area contributed by atoms with Crippen LogP contribution in [0.1, 0.15) is 24.0 Å². The molecule has 0 fully saturated rings. The van der Waals surface area contributed by atoms with E-state index in [0.717, 1.165) is 11.1 Å². The molecule has 0 aliphatic carbocycles. The van der Waals surface area contributed by atoms with Crippen molar-refractivity contribution in [1.29, 1.82) is 0 Å². The van der Waals surface area contributed by atoms with E-state index in [2.05, 4.69) is 0 Å². The van der Waals surface area contributed by atoms with Crippen LogP contribution in [0.25, 0.3) is 0 Å². The molecule has 0 aliphatic rings. The Labute approximate surface area is 154 Å². The molecule has 0 spiro atoms. The normalized spacial score (nSPS) is 11.6. The van der Waals surface area contributed by atoms with Crippen molar-refractivity contribution in [3.63, 3.8) is 0 Å². The lowest BCUT2D eigenvalue weighted by Gasteiger charge is -2.11. The van der Waals surface area contributed by atoms with Gasteiger partial charge in [0.25, 0.3) is 0 Å². The third kappa shape index (κ3) is 7.49. The molecule has 0 bridgehead atoms. The fourth-order valence-electron chi connectivity index (χ4n) is 2.41. The van der Waals surface area contributed by atoms with Gasteiger partial charge in [0.15, 0.2) is 0 Å². The second kappa shape index (κ2) is 11.1. The topological polar surface area (TPSA) is 78.6 Å². The van der Waals surface area contributed by atoms with E-state index in [1.165, 1.54) is 0 Å². The smallest absolute Gasteiger partial charge is 0.322 e. The molecule has 26 heavy (non-hydrogen) atoms. The van der Waals surface area contributed by atoms with Crippen molar-refractivity contribution in [3.05, 3.63) is 71.8 Å². The first kappa shape index (κ1) is 19.7. The first-order valence-electron chi connectivity index (χ1n) is 8.81. The minimum absolute atomic E-state index is 0.101. The van der Waals surface area contributed by atoms with Crippen LogP contribution in [0.5, 0.6) is 0 Å². The van der Waals surface area contributed by atoms with Gasteiger partial charge in [0.05, 0.1) is 13.2 Å². The van der Waals surface area contributed by atoms with Crippen molar-refractivity contribution >= 4 is 11.9 Å². The largest absolute Gasteiger partial charge is 0.465 e. The maximum Gasteiger partial charge on any atom is 0.322 e. The van der Waals surface area contributed by atoms with Crippen LogP contribution in [0, 0.1) is 0 Å². The molecule has 138 valence electrons. The van der Waals surface area contributed by atoms with Crippen molar-refractivity contribution < 1.29 is 19.1 Å². The highest BCUT2D eigenvalue weighted by molar-refractivity contribution is 5.77. The molecular formula is C21H25NO4. The molecule has 0 radical (unpaired) electrons. The zero-order chi connectivity index (χ0) is 18.6. The molecule has 0 saturated heterocycles. The summed E-state index contributed by atoms with van der Waals surface area (Å²) in [5.74, 6) is -0.841. The lowest BCUT2D eigenvalue weighted by atomic mass is 10.1. The van der Waals surface area contributed by atoms with E-state index in [4.69, 9.17) is 15.2 Å². The summed E-state index contributed by atoms with van der Waals surface area (Å²) >= 11 is 0. The zero-order valence-corrected chi connectivity index (χ0v) is 14.8. The number of esters is 2.